The van der Waals surface area contributed by atoms with Gasteiger partial charge in [0.05, 0.1) is 16.4 Å². The molecule has 2 aromatic rings. The van der Waals surface area contributed by atoms with Crippen molar-refractivity contribution in [2.45, 2.75) is 25.8 Å². The molecule has 1 heterocycles. The third-order valence-corrected chi connectivity index (χ3v) is 5.02. The van der Waals surface area contributed by atoms with Gasteiger partial charge >= 0.3 is 0 Å². The zero-order valence-electron chi connectivity index (χ0n) is 12.4. The summed E-state index contributed by atoms with van der Waals surface area (Å²) < 4.78 is 28.7. The quantitative estimate of drug-likeness (QED) is 0.587. The molecule has 3 N–H and O–H groups in total. The van der Waals surface area contributed by atoms with Crippen molar-refractivity contribution in [2.24, 2.45) is 0 Å². The number of aromatic nitrogens is 2. The molecule has 0 radical (unpaired) electrons. The molecule has 0 atom stereocenters. The van der Waals surface area contributed by atoms with Gasteiger partial charge in [-0.15, -0.1) is 0 Å². The first kappa shape index (κ1) is 18.2. The van der Waals surface area contributed by atoms with Crippen molar-refractivity contribution < 1.29 is 8.42 Å². The van der Waals surface area contributed by atoms with Crippen LogP contribution in [-0.4, -0.2) is 24.9 Å². The lowest BCUT2D eigenvalue weighted by Gasteiger charge is -2.09. The third kappa shape index (κ3) is 6.48. The molecule has 0 aliphatic rings. The van der Waals surface area contributed by atoms with Gasteiger partial charge in [-0.2, -0.15) is 13.1 Å². The van der Waals surface area contributed by atoms with E-state index in [1.54, 1.807) is 30.7 Å². The fourth-order valence-electron chi connectivity index (χ4n) is 1.95. The third-order valence-electron chi connectivity index (χ3n) is 3.17. The summed E-state index contributed by atoms with van der Waals surface area (Å²) in [7, 11) is -3.53. The zero-order valence-corrected chi connectivity index (χ0v) is 14.7. The molecule has 126 valence electrons. The zero-order chi connectivity index (χ0) is 16.7. The second-order valence-electron chi connectivity index (χ2n) is 5.00. The molecule has 0 amide bonds. The minimum Gasteiger partial charge on any atom is -0.348 e. The number of hydrogen-bond donors (Lipinski definition) is 3. The van der Waals surface area contributed by atoms with E-state index in [-0.39, 0.29) is 6.54 Å². The highest BCUT2D eigenvalue weighted by Gasteiger charge is 2.09. The van der Waals surface area contributed by atoms with Crippen LogP contribution in [0.4, 0.5) is 0 Å². The Labute approximate surface area is 145 Å². The molecule has 1 aromatic carbocycles. The van der Waals surface area contributed by atoms with E-state index in [9.17, 15) is 8.42 Å². The number of benzene rings is 1. The predicted octanol–water partition coefficient (Wildman–Crippen LogP) is 2.66. The van der Waals surface area contributed by atoms with Gasteiger partial charge in [0.15, 0.2) is 0 Å². The average molecular weight is 377 g/mol. The highest BCUT2D eigenvalue weighted by molar-refractivity contribution is 7.87. The summed E-state index contributed by atoms with van der Waals surface area (Å²) in [4.78, 5) is 6.94. The number of nitrogens with zero attached hydrogens (tertiary/aromatic N) is 1. The van der Waals surface area contributed by atoms with E-state index >= 15 is 0 Å². The summed E-state index contributed by atoms with van der Waals surface area (Å²) in [5.41, 5.74) is 1.79. The molecular formula is C14H18Cl2N4O2S. The van der Waals surface area contributed by atoms with Gasteiger partial charge in [0.1, 0.15) is 0 Å². The molecule has 0 saturated carbocycles. The van der Waals surface area contributed by atoms with Crippen LogP contribution in [0.15, 0.2) is 30.7 Å². The first-order valence-corrected chi connectivity index (χ1v) is 9.35. The molecule has 0 spiro atoms. The minimum absolute atomic E-state index is 0.153. The summed E-state index contributed by atoms with van der Waals surface area (Å²) in [6.45, 7) is 0.533. The van der Waals surface area contributed by atoms with Crippen LogP contribution < -0.4 is 9.44 Å². The van der Waals surface area contributed by atoms with Gasteiger partial charge in [-0.25, -0.2) is 9.71 Å². The number of aromatic amines is 1. The van der Waals surface area contributed by atoms with Crippen molar-refractivity contribution in [2.75, 3.05) is 6.54 Å². The predicted molar refractivity (Wildman–Crippen MR) is 91.7 cm³/mol. The highest BCUT2D eigenvalue weighted by Crippen LogP contribution is 2.22. The van der Waals surface area contributed by atoms with Crippen LogP contribution in [0.3, 0.4) is 0 Å². The minimum atomic E-state index is -3.53. The van der Waals surface area contributed by atoms with Gasteiger partial charge < -0.3 is 4.98 Å². The van der Waals surface area contributed by atoms with E-state index in [0.29, 0.717) is 16.6 Å². The van der Waals surface area contributed by atoms with Crippen molar-refractivity contribution in [3.05, 3.63) is 52.0 Å². The summed E-state index contributed by atoms with van der Waals surface area (Å²) in [6, 6.07) is 4.99. The van der Waals surface area contributed by atoms with Crippen molar-refractivity contribution in [1.29, 1.82) is 0 Å². The SMILES string of the molecule is O=S(=O)(NCCCCc1cnc[nH]1)NCc1ccc(Cl)c(Cl)c1. The fraction of sp³-hybridized carbons (Fsp3) is 0.357. The second-order valence-corrected chi connectivity index (χ2v) is 7.40. The number of imidazole rings is 1. The van der Waals surface area contributed by atoms with Gasteiger partial charge in [-0.1, -0.05) is 29.3 Å². The maximum Gasteiger partial charge on any atom is 0.277 e. The Morgan fingerprint density at radius 3 is 2.65 bits per heavy atom. The maximum absolute atomic E-state index is 11.9. The molecule has 6 nitrogen and oxygen atoms in total. The molecule has 2 rings (SSSR count). The number of nitrogens with one attached hydrogen (secondary N) is 3. The molecule has 9 heteroatoms. The van der Waals surface area contributed by atoms with Crippen LogP contribution in [0.2, 0.25) is 10.0 Å². The molecule has 0 bridgehead atoms. The van der Waals surface area contributed by atoms with Crippen molar-refractivity contribution >= 4 is 33.4 Å². The highest BCUT2D eigenvalue weighted by atomic mass is 35.5. The topological polar surface area (TPSA) is 86.9 Å². The van der Waals surface area contributed by atoms with Crippen LogP contribution >= 0.6 is 23.2 Å². The molecule has 0 unspecified atom stereocenters. The Morgan fingerprint density at radius 1 is 1.13 bits per heavy atom. The van der Waals surface area contributed by atoms with Crippen LogP contribution in [0.1, 0.15) is 24.1 Å². The lowest BCUT2D eigenvalue weighted by atomic mass is 10.2. The first-order chi connectivity index (χ1) is 11.0. The summed E-state index contributed by atoms with van der Waals surface area (Å²) in [5, 5.41) is 0.837. The van der Waals surface area contributed by atoms with E-state index in [0.717, 1.165) is 30.5 Å². The lowest BCUT2D eigenvalue weighted by molar-refractivity contribution is 0.561. The number of hydrogen-bond acceptors (Lipinski definition) is 3. The summed E-state index contributed by atoms with van der Waals surface area (Å²) in [5.74, 6) is 0. The number of aryl methyl sites for hydroxylation is 1. The van der Waals surface area contributed by atoms with Crippen LogP contribution in [0, 0.1) is 0 Å². The molecule has 1 aromatic heterocycles. The van der Waals surface area contributed by atoms with E-state index in [2.05, 4.69) is 19.4 Å². The molecule has 0 saturated heterocycles. The Kier molecular flexibility index (Phi) is 6.86. The van der Waals surface area contributed by atoms with E-state index in [1.165, 1.54) is 0 Å². The van der Waals surface area contributed by atoms with E-state index in [1.807, 2.05) is 0 Å². The maximum atomic E-state index is 11.9. The molecule has 0 aliphatic heterocycles. The number of rotatable bonds is 9. The lowest BCUT2D eigenvalue weighted by Crippen LogP contribution is -2.36. The van der Waals surface area contributed by atoms with Crippen LogP contribution in [0.5, 0.6) is 0 Å². The van der Waals surface area contributed by atoms with Gasteiger partial charge in [0, 0.05) is 25.0 Å². The van der Waals surface area contributed by atoms with Crippen molar-refractivity contribution in [3.63, 3.8) is 0 Å². The molecule has 23 heavy (non-hydrogen) atoms. The largest absolute Gasteiger partial charge is 0.348 e. The Hall–Kier alpha value is -1.12. The monoisotopic (exact) mass is 376 g/mol. The van der Waals surface area contributed by atoms with Gasteiger partial charge in [-0.3, -0.25) is 0 Å². The summed E-state index contributed by atoms with van der Waals surface area (Å²) >= 11 is 11.7. The molecular weight excluding hydrogens is 359 g/mol. The number of unbranched alkanes of at least 4 members (excludes halogenated alkanes) is 1. The fourth-order valence-corrected chi connectivity index (χ4v) is 3.14. The molecule has 0 aliphatic carbocycles. The number of H-pyrrole nitrogens is 1. The molecule has 0 fully saturated rings. The van der Waals surface area contributed by atoms with Gasteiger partial charge in [0.2, 0.25) is 0 Å². The van der Waals surface area contributed by atoms with E-state index < -0.39 is 10.2 Å². The Morgan fingerprint density at radius 2 is 1.96 bits per heavy atom. The first-order valence-electron chi connectivity index (χ1n) is 7.12. The van der Waals surface area contributed by atoms with Gasteiger partial charge in [-0.05, 0) is 37.0 Å². The standard InChI is InChI=1S/C14H18Cl2N4O2S/c15-13-5-4-11(7-14(13)16)8-20-23(21,22)19-6-2-1-3-12-9-17-10-18-12/h4-5,7,9-10,19-20H,1-3,6,8H2,(H,17,18). The Bertz CT molecular complexity index is 720. The Balaban J connectivity index is 1.68. The van der Waals surface area contributed by atoms with Crippen LogP contribution in [-0.2, 0) is 23.2 Å². The normalized spacial score (nSPS) is 11.7. The smallest absolute Gasteiger partial charge is 0.277 e. The van der Waals surface area contributed by atoms with Crippen molar-refractivity contribution in [3.8, 4) is 0 Å². The van der Waals surface area contributed by atoms with Crippen LogP contribution in [0.25, 0.3) is 0 Å². The van der Waals surface area contributed by atoms with Gasteiger partial charge in [0.25, 0.3) is 10.2 Å². The van der Waals surface area contributed by atoms with E-state index in [4.69, 9.17) is 23.2 Å². The second kappa shape index (κ2) is 8.65. The van der Waals surface area contributed by atoms with Crippen molar-refractivity contribution in [1.82, 2.24) is 19.4 Å². The number of halogens is 2. The summed E-state index contributed by atoms with van der Waals surface area (Å²) in [6.07, 6.45) is 5.86. The average Bonchev–Trinajstić information content (AvgIpc) is 3.01.